The Bertz CT molecular complexity index is 1160. The van der Waals surface area contributed by atoms with Crippen LogP contribution >= 0.6 is 23.1 Å². The van der Waals surface area contributed by atoms with Gasteiger partial charge in [-0.3, -0.25) is 9.69 Å². The molecule has 180 valence electrons. The van der Waals surface area contributed by atoms with Crippen LogP contribution in [0.5, 0.6) is 0 Å². The molecular weight excluding hydrogens is 471 g/mol. The minimum Gasteiger partial charge on any atom is -0.379 e. The minimum atomic E-state index is -0.280. The van der Waals surface area contributed by atoms with Gasteiger partial charge in [0.25, 0.3) is 0 Å². The molecule has 1 N–H and O–H groups in total. The van der Waals surface area contributed by atoms with E-state index >= 15 is 0 Å². The Balaban J connectivity index is 1.34. The molecule has 0 bridgehead atoms. The van der Waals surface area contributed by atoms with Crippen molar-refractivity contribution < 1.29 is 13.9 Å². The second-order valence-corrected chi connectivity index (χ2v) is 10.9. The van der Waals surface area contributed by atoms with Crippen molar-refractivity contribution >= 4 is 39.2 Å². The fourth-order valence-electron chi connectivity index (χ4n) is 4.55. The maximum absolute atomic E-state index is 13.2. The highest BCUT2D eigenvalue weighted by Crippen LogP contribution is 2.39. The fourth-order valence-corrected chi connectivity index (χ4v) is 6.78. The molecule has 1 fully saturated rings. The Morgan fingerprint density at radius 1 is 1.21 bits per heavy atom. The Kier molecular flexibility index (Phi) is 7.43. The maximum Gasteiger partial charge on any atom is 0.230 e. The number of rotatable bonds is 7. The molecule has 1 aliphatic carbocycles. The maximum atomic E-state index is 13.2. The van der Waals surface area contributed by atoms with Crippen LogP contribution < -0.4 is 5.32 Å². The summed E-state index contributed by atoms with van der Waals surface area (Å²) in [5.41, 5.74) is 2.26. The van der Waals surface area contributed by atoms with Crippen LogP contribution in [-0.4, -0.2) is 52.8 Å². The van der Waals surface area contributed by atoms with E-state index in [2.05, 4.69) is 10.2 Å². The standard InChI is InChI=1S/C25H29FN4O2S2/c1-16(17-6-8-18(26)9-7-17)27-22(31)15-33-24-23-19-4-2-3-5-20(19)34-25(23)29-21(28-24)14-30-10-12-32-13-11-30/h6-9,16H,2-5,10-15H2,1H3,(H,27,31)/t16-/m1/s1. The van der Waals surface area contributed by atoms with E-state index in [0.29, 0.717) is 6.54 Å². The van der Waals surface area contributed by atoms with Crippen LogP contribution in [0.4, 0.5) is 4.39 Å². The number of thiophene rings is 1. The summed E-state index contributed by atoms with van der Waals surface area (Å²) in [6.07, 6.45) is 4.58. The summed E-state index contributed by atoms with van der Waals surface area (Å²) in [6, 6.07) is 6.05. The number of aryl methyl sites for hydroxylation is 2. The highest BCUT2D eigenvalue weighted by Gasteiger charge is 2.23. The predicted octanol–water partition coefficient (Wildman–Crippen LogP) is 4.51. The molecule has 0 spiro atoms. The normalized spacial score (nSPS) is 17.5. The van der Waals surface area contributed by atoms with Crippen LogP contribution in [0.25, 0.3) is 10.2 Å². The highest BCUT2D eigenvalue weighted by atomic mass is 32.2. The molecule has 1 aliphatic heterocycles. The summed E-state index contributed by atoms with van der Waals surface area (Å²) >= 11 is 3.29. The molecule has 0 saturated carbocycles. The number of hydrogen-bond donors (Lipinski definition) is 1. The number of morpholine rings is 1. The van der Waals surface area contributed by atoms with Crippen molar-refractivity contribution in [2.75, 3.05) is 32.1 Å². The van der Waals surface area contributed by atoms with E-state index < -0.39 is 0 Å². The van der Waals surface area contributed by atoms with Gasteiger partial charge in [-0.2, -0.15) is 0 Å². The lowest BCUT2D eigenvalue weighted by Gasteiger charge is -2.25. The zero-order valence-corrected chi connectivity index (χ0v) is 20.9. The molecular formula is C25H29FN4O2S2. The van der Waals surface area contributed by atoms with Crippen LogP contribution in [0.3, 0.4) is 0 Å². The Morgan fingerprint density at radius 3 is 2.76 bits per heavy atom. The third-order valence-electron chi connectivity index (χ3n) is 6.38. The van der Waals surface area contributed by atoms with Gasteiger partial charge in [0, 0.05) is 23.4 Å². The number of benzene rings is 1. The quantitative estimate of drug-likeness (QED) is 0.380. The smallest absolute Gasteiger partial charge is 0.230 e. The van der Waals surface area contributed by atoms with Gasteiger partial charge in [-0.1, -0.05) is 23.9 Å². The topological polar surface area (TPSA) is 67.4 Å². The van der Waals surface area contributed by atoms with Crippen LogP contribution in [0.2, 0.25) is 0 Å². The van der Waals surface area contributed by atoms with Crippen molar-refractivity contribution in [2.45, 2.75) is 50.2 Å². The number of ether oxygens (including phenoxy) is 1. The van der Waals surface area contributed by atoms with Crippen molar-refractivity contribution in [3.63, 3.8) is 0 Å². The van der Waals surface area contributed by atoms with Gasteiger partial charge in [0.05, 0.1) is 31.6 Å². The molecule has 9 heteroatoms. The van der Waals surface area contributed by atoms with E-state index in [-0.39, 0.29) is 23.5 Å². The molecule has 3 aromatic rings. The van der Waals surface area contributed by atoms with Crippen LogP contribution in [0.15, 0.2) is 29.3 Å². The van der Waals surface area contributed by atoms with Gasteiger partial charge in [-0.25, -0.2) is 14.4 Å². The monoisotopic (exact) mass is 500 g/mol. The van der Waals surface area contributed by atoms with E-state index in [0.717, 1.165) is 65.8 Å². The average molecular weight is 501 g/mol. The minimum absolute atomic E-state index is 0.0626. The third kappa shape index (κ3) is 5.43. The first kappa shape index (κ1) is 23.7. The number of amides is 1. The second kappa shape index (κ2) is 10.7. The number of carbonyl (C=O) groups excluding carboxylic acids is 1. The molecule has 3 heterocycles. The van der Waals surface area contributed by atoms with Crippen molar-refractivity contribution in [2.24, 2.45) is 0 Å². The van der Waals surface area contributed by atoms with E-state index in [1.54, 1.807) is 23.5 Å². The zero-order chi connectivity index (χ0) is 23.5. The lowest BCUT2D eigenvalue weighted by Crippen LogP contribution is -2.36. The van der Waals surface area contributed by atoms with E-state index in [4.69, 9.17) is 14.7 Å². The third-order valence-corrected chi connectivity index (χ3v) is 8.55. The van der Waals surface area contributed by atoms with Crippen LogP contribution in [-0.2, 0) is 28.9 Å². The summed E-state index contributed by atoms with van der Waals surface area (Å²) in [5.74, 6) is 0.750. The van der Waals surface area contributed by atoms with Crippen molar-refractivity contribution in [3.8, 4) is 0 Å². The number of fused-ring (bicyclic) bond motifs is 3. The van der Waals surface area contributed by atoms with E-state index in [9.17, 15) is 9.18 Å². The van der Waals surface area contributed by atoms with Crippen molar-refractivity contribution in [1.82, 2.24) is 20.2 Å². The van der Waals surface area contributed by atoms with Gasteiger partial charge in [-0.05, 0) is 55.9 Å². The Labute approximate surface area is 207 Å². The molecule has 1 atom stereocenters. The number of halogens is 1. The molecule has 34 heavy (non-hydrogen) atoms. The predicted molar refractivity (Wildman–Crippen MR) is 134 cm³/mol. The lowest BCUT2D eigenvalue weighted by molar-refractivity contribution is -0.119. The SMILES string of the molecule is C[C@@H](NC(=O)CSc1nc(CN2CCOCC2)nc2sc3c(c12)CCCC3)c1ccc(F)cc1. The summed E-state index contributed by atoms with van der Waals surface area (Å²) in [6.45, 7) is 5.85. The average Bonchev–Trinajstić information content (AvgIpc) is 3.22. The molecule has 1 aromatic carbocycles. The first-order valence-corrected chi connectivity index (χ1v) is 13.7. The molecule has 1 saturated heterocycles. The number of nitrogens with one attached hydrogen (secondary N) is 1. The summed E-state index contributed by atoms with van der Waals surface area (Å²) in [7, 11) is 0. The van der Waals surface area contributed by atoms with Crippen molar-refractivity contribution in [3.05, 3.63) is 51.9 Å². The molecule has 5 rings (SSSR count). The molecule has 2 aromatic heterocycles. The van der Waals surface area contributed by atoms with Crippen LogP contribution in [0, 0.1) is 5.82 Å². The molecule has 6 nitrogen and oxygen atoms in total. The van der Waals surface area contributed by atoms with Gasteiger partial charge in [0.2, 0.25) is 5.91 Å². The van der Waals surface area contributed by atoms with Gasteiger partial charge in [0.15, 0.2) is 0 Å². The Hall–Kier alpha value is -2.07. The summed E-state index contributed by atoms with van der Waals surface area (Å²) in [5, 5.41) is 5.09. The van der Waals surface area contributed by atoms with Crippen molar-refractivity contribution in [1.29, 1.82) is 0 Å². The van der Waals surface area contributed by atoms with Crippen LogP contribution in [0.1, 0.15) is 47.6 Å². The number of thioether (sulfide) groups is 1. The van der Waals surface area contributed by atoms with E-state index in [1.807, 2.05) is 6.92 Å². The van der Waals surface area contributed by atoms with Gasteiger partial charge in [0.1, 0.15) is 21.5 Å². The molecule has 1 amide bonds. The summed E-state index contributed by atoms with van der Waals surface area (Å²) in [4.78, 5) is 27.4. The first-order valence-electron chi connectivity index (χ1n) is 11.9. The van der Waals surface area contributed by atoms with Gasteiger partial charge in [-0.15, -0.1) is 11.3 Å². The lowest BCUT2D eigenvalue weighted by atomic mass is 9.97. The first-order chi connectivity index (χ1) is 16.6. The second-order valence-electron chi connectivity index (χ2n) is 8.85. The number of carbonyl (C=O) groups is 1. The van der Waals surface area contributed by atoms with Gasteiger partial charge >= 0.3 is 0 Å². The molecule has 0 radical (unpaired) electrons. The largest absolute Gasteiger partial charge is 0.379 e. The summed E-state index contributed by atoms with van der Waals surface area (Å²) < 4.78 is 18.7. The Morgan fingerprint density at radius 2 is 1.97 bits per heavy atom. The number of nitrogens with zero attached hydrogens (tertiary/aromatic N) is 3. The van der Waals surface area contributed by atoms with E-state index in [1.165, 1.54) is 47.2 Å². The molecule has 2 aliphatic rings. The fraction of sp³-hybridized carbons (Fsp3) is 0.480. The zero-order valence-electron chi connectivity index (χ0n) is 19.3. The number of aromatic nitrogens is 2. The van der Waals surface area contributed by atoms with Gasteiger partial charge < -0.3 is 10.1 Å². The molecule has 0 unspecified atom stereocenters. The number of hydrogen-bond acceptors (Lipinski definition) is 7. The highest BCUT2D eigenvalue weighted by molar-refractivity contribution is 8.00.